The first-order chi connectivity index (χ1) is 13.7. The van der Waals surface area contributed by atoms with Gasteiger partial charge in [0.1, 0.15) is 6.07 Å². The first kappa shape index (κ1) is 21.4. The summed E-state index contributed by atoms with van der Waals surface area (Å²) in [5, 5.41) is 29.0. The Labute approximate surface area is 166 Å². The molecule has 1 aliphatic rings. The maximum atomic E-state index is 9.47. The average Bonchev–Trinajstić information content (AvgIpc) is 3.23. The van der Waals surface area contributed by atoms with Crippen molar-refractivity contribution in [1.82, 2.24) is 9.97 Å². The number of aromatic nitrogens is 2. The molecule has 1 aliphatic heterocycles. The van der Waals surface area contributed by atoms with E-state index in [4.69, 9.17) is 15.4 Å². The predicted molar refractivity (Wildman–Crippen MR) is 113 cm³/mol. The molecule has 0 saturated carbocycles. The third-order valence-corrected chi connectivity index (χ3v) is 4.23. The number of rotatable bonds is 6. The van der Waals surface area contributed by atoms with Gasteiger partial charge in [0.2, 0.25) is 0 Å². The molecular formula is C20H25BN5O2. The number of nitrogens with one attached hydrogen (secondary N) is 3. The number of nitrogens with zero attached hydrogens (tertiary/aromatic N) is 2. The monoisotopic (exact) mass is 378 g/mol. The summed E-state index contributed by atoms with van der Waals surface area (Å²) in [6, 6.07) is 7.83. The summed E-state index contributed by atoms with van der Waals surface area (Å²) in [6.07, 6.45) is 6.07. The Balaban J connectivity index is 0.00000136. The minimum absolute atomic E-state index is 0.262. The van der Waals surface area contributed by atoms with Crippen molar-refractivity contribution in [3.63, 3.8) is 0 Å². The van der Waals surface area contributed by atoms with Crippen LogP contribution in [-0.4, -0.2) is 47.9 Å². The van der Waals surface area contributed by atoms with E-state index in [2.05, 4.69) is 15.3 Å². The van der Waals surface area contributed by atoms with Crippen LogP contribution in [-0.2, 0) is 4.74 Å². The van der Waals surface area contributed by atoms with Crippen molar-refractivity contribution < 1.29 is 9.76 Å². The van der Waals surface area contributed by atoms with Gasteiger partial charge in [0.25, 0.3) is 0 Å². The van der Waals surface area contributed by atoms with Gasteiger partial charge in [-0.25, -0.2) is 0 Å². The van der Waals surface area contributed by atoms with Crippen LogP contribution in [0.25, 0.3) is 17.5 Å². The molecule has 0 aliphatic carbocycles. The molecule has 1 fully saturated rings. The predicted octanol–water partition coefficient (Wildman–Crippen LogP) is 2.49. The van der Waals surface area contributed by atoms with Crippen molar-refractivity contribution in [3.8, 4) is 17.5 Å². The van der Waals surface area contributed by atoms with Crippen LogP contribution in [0.15, 0.2) is 30.0 Å². The third kappa shape index (κ3) is 5.55. The lowest BCUT2D eigenvalue weighted by Crippen LogP contribution is -2.31. The average molecular weight is 378 g/mol. The summed E-state index contributed by atoms with van der Waals surface area (Å²) in [4.78, 5) is 7.57. The van der Waals surface area contributed by atoms with Crippen LogP contribution < -0.4 is 10.8 Å². The van der Waals surface area contributed by atoms with Gasteiger partial charge in [0.15, 0.2) is 0 Å². The van der Waals surface area contributed by atoms with Crippen LogP contribution in [0.4, 0.5) is 5.69 Å². The number of allylic oxidation sites excluding steroid dienone is 1. The van der Waals surface area contributed by atoms with Crippen molar-refractivity contribution in [1.29, 1.82) is 10.7 Å². The van der Waals surface area contributed by atoms with Crippen LogP contribution in [0.5, 0.6) is 0 Å². The largest absolute Gasteiger partial charge is 0.450 e. The first-order valence-electron chi connectivity index (χ1n) is 9.37. The van der Waals surface area contributed by atoms with E-state index >= 15 is 0 Å². The Hall–Kier alpha value is -2.89. The summed E-state index contributed by atoms with van der Waals surface area (Å²) < 4.78 is 5.38. The number of ether oxygens (including phenoxy) is 1. The number of hydrogen-bond donors (Lipinski definition) is 4. The Morgan fingerprint density at radius 1 is 1.43 bits per heavy atom. The molecule has 4 N–H and O–H groups in total. The molecule has 0 atom stereocenters. The second kappa shape index (κ2) is 11.1. The number of hydrogen-bond acceptors (Lipinski definition) is 6. The minimum atomic E-state index is 0.262. The lowest BCUT2D eigenvalue weighted by Gasteiger charge is -2.25. The molecule has 1 saturated heterocycles. The van der Waals surface area contributed by atoms with Gasteiger partial charge in [-0.2, -0.15) is 5.26 Å². The minimum Gasteiger partial charge on any atom is -0.450 e. The zero-order valence-electron chi connectivity index (χ0n) is 16.2. The number of H-pyrrole nitrogens is 1. The molecule has 2 aromatic rings. The van der Waals surface area contributed by atoms with E-state index in [9.17, 15) is 5.02 Å². The highest BCUT2D eigenvalue weighted by atomic mass is 16.5. The van der Waals surface area contributed by atoms with Crippen LogP contribution in [0, 0.1) is 16.7 Å². The number of aromatic amines is 1. The molecule has 145 valence electrons. The third-order valence-electron chi connectivity index (χ3n) is 4.23. The summed E-state index contributed by atoms with van der Waals surface area (Å²) in [5.74, 6) is 0. The van der Waals surface area contributed by atoms with Crippen LogP contribution in [0.3, 0.4) is 0 Å². The number of pyridine rings is 1. The molecule has 2 aromatic heterocycles. The smallest absolute Gasteiger partial charge is 0.330 e. The van der Waals surface area contributed by atoms with Gasteiger partial charge in [0.05, 0.1) is 17.0 Å². The van der Waals surface area contributed by atoms with E-state index in [-0.39, 0.29) is 5.57 Å². The molecular weight excluding hydrogens is 353 g/mol. The Morgan fingerprint density at radius 3 is 2.82 bits per heavy atom. The second-order valence-electron chi connectivity index (χ2n) is 6.00. The Morgan fingerprint density at radius 2 is 2.18 bits per heavy atom. The second-order valence-corrected chi connectivity index (χ2v) is 6.00. The van der Waals surface area contributed by atoms with Crippen molar-refractivity contribution in [2.75, 3.05) is 18.5 Å². The topological polar surface area (TPSA) is 118 Å². The van der Waals surface area contributed by atoms with Gasteiger partial charge in [0, 0.05) is 43.0 Å². The molecule has 28 heavy (non-hydrogen) atoms. The highest BCUT2D eigenvalue weighted by Crippen LogP contribution is 2.21. The van der Waals surface area contributed by atoms with Gasteiger partial charge in [-0.3, -0.25) is 4.98 Å². The summed E-state index contributed by atoms with van der Waals surface area (Å²) in [7, 11) is 1.05. The zero-order chi connectivity index (χ0) is 20.4. The van der Waals surface area contributed by atoms with E-state index in [1.165, 1.54) is 0 Å². The van der Waals surface area contributed by atoms with E-state index in [0.717, 1.165) is 62.5 Å². The fourth-order valence-electron chi connectivity index (χ4n) is 2.82. The van der Waals surface area contributed by atoms with Crippen molar-refractivity contribution in [2.24, 2.45) is 0 Å². The first-order valence-corrected chi connectivity index (χ1v) is 9.37. The fourth-order valence-corrected chi connectivity index (χ4v) is 2.82. The molecule has 0 amide bonds. The van der Waals surface area contributed by atoms with Gasteiger partial charge >= 0.3 is 7.48 Å². The van der Waals surface area contributed by atoms with Gasteiger partial charge in [-0.1, -0.05) is 13.8 Å². The summed E-state index contributed by atoms with van der Waals surface area (Å²) in [6.45, 7) is 5.46. The van der Waals surface area contributed by atoms with Gasteiger partial charge < -0.3 is 25.5 Å². The Kier molecular flexibility index (Phi) is 8.47. The van der Waals surface area contributed by atoms with Crippen LogP contribution in [0.2, 0.25) is 0 Å². The lowest BCUT2D eigenvalue weighted by atomic mass is 9.88. The highest BCUT2D eigenvalue weighted by Gasteiger charge is 2.16. The number of nitriles is 1. The molecule has 8 heteroatoms. The van der Waals surface area contributed by atoms with E-state index in [1.807, 2.05) is 38.1 Å². The molecule has 3 rings (SSSR count). The molecule has 0 spiro atoms. The highest BCUT2D eigenvalue weighted by molar-refractivity contribution is 6.48. The maximum absolute atomic E-state index is 9.47. The number of anilines is 1. The summed E-state index contributed by atoms with van der Waals surface area (Å²) in [5.41, 5.74) is 3.93. The van der Waals surface area contributed by atoms with E-state index in [0.29, 0.717) is 11.5 Å². The maximum Gasteiger partial charge on any atom is 0.330 e. The normalized spacial score (nSPS) is 14.4. The molecule has 0 bridgehead atoms. The SMILES string of the molecule is CC.N#C/C(C=N)=C/c1ccc(-c2cc(NC3CCOCC3)c([B]O)cn2)[nH]1. The standard InChI is InChI=1S/C18H19BN5O2.C2H6/c20-9-12(10-21)7-14-1-2-16(24-14)18-8-17(15(19-25)11-22-18)23-13-3-5-26-6-4-13;1-2/h1-2,7-9,11,13,20,24-25H,3-6H2,(H,22,23);1-2H3/b12-7+,20-9?;. The quantitative estimate of drug-likeness (QED) is 0.350. The lowest BCUT2D eigenvalue weighted by molar-refractivity contribution is 0.0905. The fraction of sp³-hybridized carbons (Fsp3) is 0.350. The van der Waals surface area contributed by atoms with Gasteiger partial charge in [-0.05, 0) is 42.6 Å². The van der Waals surface area contributed by atoms with Crippen molar-refractivity contribution in [3.05, 3.63) is 35.7 Å². The van der Waals surface area contributed by atoms with Crippen molar-refractivity contribution in [2.45, 2.75) is 32.7 Å². The van der Waals surface area contributed by atoms with Crippen molar-refractivity contribution >= 4 is 30.9 Å². The van der Waals surface area contributed by atoms with E-state index in [1.54, 1.807) is 12.3 Å². The Bertz CT molecular complexity index is 851. The molecule has 7 nitrogen and oxygen atoms in total. The zero-order valence-corrected chi connectivity index (χ0v) is 16.2. The van der Waals surface area contributed by atoms with Crippen LogP contribution >= 0.6 is 0 Å². The molecule has 0 aromatic carbocycles. The van der Waals surface area contributed by atoms with Gasteiger partial charge in [-0.15, -0.1) is 0 Å². The van der Waals surface area contributed by atoms with Crippen LogP contribution in [0.1, 0.15) is 32.4 Å². The summed E-state index contributed by atoms with van der Waals surface area (Å²) >= 11 is 0. The molecule has 1 radical (unpaired) electrons. The van der Waals surface area contributed by atoms with E-state index < -0.39 is 0 Å². The molecule has 0 unspecified atom stereocenters. The molecule has 3 heterocycles.